The largest absolute Gasteiger partial charge is 0.462 e. The van der Waals surface area contributed by atoms with E-state index in [-0.39, 0.29) is 44.0 Å². The lowest BCUT2D eigenvalue weighted by atomic mass is 10.1. The monoisotopic (exact) mass is 753 g/mol. The predicted molar refractivity (Wildman–Crippen MR) is 228 cm³/mol. The van der Waals surface area contributed by atoms with Gasteiger partial charge in [0.2, 0.25) is 0 Å². The van der Waals surface area contributed by atoms with Gasteiger partial charge in [0.25, 0.3) is 0 Å². The molecule has 0 aromatic heterocycles. The molecular weight excluding hydrogens is 673 g/mol. The first-order valence-corrected chi connectivity index (χ1v) is 21.9. The van der Waals surface area contributed by atoms with Crippen LogP contribution in [0.2, 0.25) is 0 Å². The van der Waals surface area contributed by atoms with Crippen LogP contribution in [0.1, 0.15) is 194 Å². The lowest BCUT2D eigenvalue weighted by molar-refractivity contribution is -0.166. The number of carbonyl (C=O) groups is 3. The molecule has 1 atom stereocenters. The SMILES string of the molecule is CC/C=C\C/C=C\C/C=C\CCCC(=O)OCC(COC(=O)CC/C=C\C/C=C\CCCCCCCC)OC(=O)CCCCCCC/C=C\CCCCC. The Kier molecular flexibility index (Phi) is 40.1. The van der Waals surface area contributed by atoms with Crippen molar-refractivity contribution in [3.8, 4) is 0 Å². The highest BCUT2D eigenvalue weighted by Gasteiger charge is 2.19. The number of ether oxygens (including phenoxy) is 3. The molecule has 54 heavy (non-hydrogen) atoms. The fraction of sp³-hybridized carbons (Fsp3) is 0.688. The molecule has 0 amide bonds. The summed E-state index contributed by atoms with van der Waals surface area (Å²) in [5, 5.41) is 0. The summed E-state index contributed by atoms with van der Waals surface area (Å²) in [7, 11) is 0. The first-order valence-electron chi connectivity index (χ1n) is 21.9. The lowest BCUT2D eigenvalue weighted by Crippen LogP contribution is -2.30. The zero-order valence-corrected chi connectivity index (χ0v) is 35.0. The molecule has 6 nitrogen and oxygen atoms in total. The number of carbonyl (C=O) groups excluding carboxylic acids is 3. The third kappa shape index (κ3) is 40.0. The first-order chi connectivity index (χ1) is 26.5. The van der Waals surface area contributed by atoms with E-state index in [9.17, 15) is 14.4 Å². The van der Waals surface area contributed by atoms with Gasteiger partial charge in [0.05, 0.1) is 0 Å². The highest BCUT2D eigenvalue weighted by atomic mass is 16.6. The molecule has 0 saturated carbocycles. The average Bonchev–Trinajstić information content (AvgIpc) is 3.17. The molecule has 0 rings (SSSR count). The zero-order chi connectivity index (χ0) is 39.4. The topological polar surface area (TPSA) is 78.9 Å². The second kappa shape index (κ2) is 42.6. The summed E-state index contributed by atoms with van der Waals surface area (Å²) in [5.74, 6) is -1.06. The molecule has 1 unspecified atom stereocenters. The van der Waals surface area contributed by atoms with Gasteiger partial charge < -0.3 is 14.2 Å². The van der Waals surface area contributed by atoms with E-state index in [4.69, 9.17) is 14.2 Å². The van der Waals surface area contributed by atoms with E-state index in [0.29, 0.717) is 19.3 Å². The number of hydrogen-bond donors (Lipinski definition) is 0. The van der Waals surface area contributed by atoms with E-state index in [0.717, 1.165) is 70.6 Å². The molecular formula is C48H80O6. The number of hydrogen-bond acceptors (Lipinski definition) is 6. The second-order valence-corrected chi connectivity index (χ2v) is 14.2. The maximum Gasteiger partial charge on any atom is 0.306 e. The summed E-state index contributed by atoms with van der Waals surface area (Å²) in [6.45, 7) is 6.35. The minimum absolute atomic E-state index is 0.123. The van der Waals surface area contributed by atoms with Gasteiger partial charge in [0.1, 0.15) is 13.2 Å². The molecule has 0 N–H and O–H groups in total. The van der Waals surface area contributed by atoms with Gasteiger partial charge in [0.15, 0.2) is 6.10 Å². The van der Waals surface area contributed by atoms with Gasteiger partial charge in [-0.25, -0.2) is 0 Å². The number of rotatable bonds is 38. The Morgan fingerprint density at radius 1 is 0.389 bits per heavy atom. The van der Waals surface area contributed by atoms with Crippen LogP contribution in [-0.4, -0.2) is 37.2 Å². The summed E-state index contributed by atoms with van der Waals surface area (Å²) >= 11 is 0. The Morgan fingerprint density at radius 2 is 0.778 bits per heavy atom. The molecule has 0 aliphatic carbocycles. The normalized spacial score (nSPS) is 12.7. The van der Waals surface area contributed by atoms with Gasteiger partial charge in [-0.05, 0) is 89.9 Å². The molecule has 0 aliphatic rings. The average molecular weight is 753 g/mol. The van der Waals surface area contributed by atoms with Gasteiger partial charge in [-0.3, -0.25) is 14.4 Å². The van der Waals surface area contributed by atoms with Crippen LogP contribution in [0.5, 0.6) is 0 Å². The first kappa shape index (κ1) is 50.9. The van der Waals surface area contributed by atoms with Gasteiger partial charge >= 0.3 is 17.9 Å². The van der Waals surface area contributed by atoms with Crippen molar-refractivity contribution in [3.63, 3.8) is 0 Å². The molecule has 6 heteroatoms. The van der Waals surface area contributed by atoms with Crippen LogP contribution in [0.4, 0.5) is 0 Å². The van der Waals surface area contributed by atoms with Crippen molar-refractivity contribution < 1.29 is 28.6 Å². The predicted octanol–water partition coefficient (Wildman–Crippen LogP) is 13.9. The van der Waals surface area contributed by atoms with Crippen molar-refractivity contribution in [2.24, 2.45) is 0 Å². The molecule has 0 aromatic rings. The van der Waals surface area contributed by atoms with Crippen LogP contribution in [0.15, 0.2) is 72.9 Å². The van der Waals surface area contributed by atoms with E-state index in [1.807, 2.05) is 6.08 Å². The highest BCUT2D eigenvalue weighted by Crippen LogP contribution is 2.11. The van der Waals surface area contributed by atoms with Gasteiger partial charge in [-0.1, -0.05) is 158 Å². The van der Waals surface area contributed by atoms with Gasteiger partial charge in [0, 0.05) is 19.3 Å². The molecule has 0 bridgehead atoms. The van der Waals surface area contributed by atoms with E-state index in [1.54, 1.807) is 0 Å². The standard InChI is InChI=1S/C48H80O6/c1-4-7-10-13-16-19-22-24-27-29-32-35-38-41-47(50)53-44-45(43-52-46(49)40-37-34-31-28-25-21-18-15-12-9-6-3)54-48(51)42-39-36-33-30-26-23-20-17-14-11-8-5-2/h9,12,17-18,20-21,24,27-28,31-32,35,45H,4-8,10-11,13-16,19,22-23,25-26,29-30,33-34,36-44H2,1-3H3/b12-9-,20-17-,21-18-,27-24-,31-28-,35-32-. The molecule has 0 radical (unpaired) electrons. The van der Waals surface area contributed by atoms with Crippen molar-refractivity contribution in [1.82, 2.24) is 0 Å². The van der Waals surface area contributed by atoms with Crippen molar-refractivity contribution in [3.05, 3.63) is 72.9 Å². The van der Waals surface area contributed by atoms with Crippen LogP contribution in [0.25, 0.3) is 0 Å². The number of allylic oxidation sites excluding steroid dienone is 12. The zero-order valence-electron chi connectivity index (χ0n) is 35.0. The Bertz CT molecular complexity index is 1050. The second-order valence-electron chi connectivity index (χ2n) is 14.2. The van der Waals surface area contributed by atoms with Gasteiger partial charge in [-0.15, -0.1) is 0 Å². The van der Waals surface area contributed by atoms with E-state index in [1.165, 1.54) is 70.6 Å². The van der Waals surface area contributed by atoms with Gasteiger partial charge in [-0.2, -0.15) is 0 Å². The molecule has 0 aliphatic heterocycles. The van der Waals surface area contributed by atoms with Crippen molar-refractivity contribution in [1.29, 1.82) is 0 Å². The number of esters is 3. The lowest BCUT2D eigenvalue weighted by Gasteiger charge is -2.18. The summed E-state index contributed by atoms with van der Waals surface area (Å²) in [4.78, 5) is 37.6. The summed E-state index contributed by atoms with van der Waals surface area (Å²) < 4.78 is 16.6. The maximum atomic E-state index is 12.7. The quantitative estimate of drug-likeness (QED) is 0.0270. The molecule has 0 fully saturated rings. The minimum atomic E-state index is -0.819. The van der Waals surface area contributed by atoms with Crippen molar-refractivity contribution >= 4 is 17.9 Å². The van der Waals surface area contributed by atoms with Crippen LogP contribution < -0.4 is 0 Å². The van der Waals surface area contributed by atoms with Crippen LogP contribution in [-0.2, 0) is 28.6 Å². The highest BCUT2D eigenvalue weighted by molar-refractivity contribution is 5.71. The summed E-state index contributed by atoms with van der Waals surface area (Å²) in [6, 6.07) is 0. The van der Waals surface area contributed by atoms with Crippen molar-refractivity contribution in [2.75, 3.05) is 13.2 Å². The van der Waals surface area contributed by atoms with Crippen LogP contribution in [0, 0.1) is 0 Å². The van der Waals surface area contributed by atoms with Crippen LogP contribution >= 0.6 is 0 Å². The Morgan fingerprint density at radius 3 is 1.35 bits per heavy atom. The number of unbranched alkanes of at least 4 members (excludes halogenated alkanes) is 15. The minimum Gasteiger partial charge on any atom is -0.462 e. The molecule has 0 spiro atoms. The maximum absolute atomic E-state index is 12.7. The molecule has 0 saturated heterocycles. The third-order valence-corrected chi connectivity index (χ3v) is 8.93. The smallest absolute Gasteiger partial charge is 0.306 e. The third-order valence-electron chi connectivity index (χ3n) is 8.93. The summed E-state index contributed by atoms with van der Waals surface area (Å²) in [6.07, 6.45) is 51.9. The van der Waals surface area contributed by atoms with E-state index >= 15 is 0 Å². The molecule has 0 heterocycles. The Balaban J connectivity index is 4.54. The molecule has 0 aromatic carbocycles. The van der Waals surface area contributed by atoms with Crippen molar-refractivity contribution in [2.45, 2.75) is 200 Å². The van der Waals surface area contributed by atoms with Crippen LogP contribution in [0.3, 0.4) is 0 Å². The van der Waals surface area contributed by atoms with E-state index in [2.05, 4.69) is 87.6 Å². The molecule has 308 valence electrons. The summed E-state index contributed by atoms with van der Waals surface area (Å²) in [5.41, 5.74) is 0. The fourth-order valence-electron chi connectivity index (χ4n) is 5.63. The fourth-order valence-corrected chi connectivity index (χ4v) is 5.63. The Hall–Kier alpha value is -3.15. The Labute approximate surface area is 332 Å². The van der Waals surface area contributed by atoms with E-state index < -0.39 is 6.10 Å².